The van der Waals surface area contributed by atoms with E-state index in [0.717, 1.165) is 0 Å². The maximum atomic E-state index is 13.4. The van der Waals surface area contributed by atoms with Crippen molar-refractivity contribution < 1.29 is 14.0 Å². The number of fused-ring (bicyclic) bond motifs is 3. The standard InChI is InChI=1S/C13H14FN3O2/c1-2-16-10-5-8(14)3-4-9(10)17-11(13(16)19)6-15-7-12(17)18/h3-5,11,15H,2,6-7H2,1H3. The molecule has 19 heavy (non-hydrogen) atoms. The molecule has 0 aliphatic carbocycles. The number of anilines is 2. The molecule has 6 heteroatoms. The van der Waals surface area contributed by atoms with Gasteiger partial charge in [-0.15, -0.1) is 0 Å². The van der Waals surface area contributed by atoms with Crippen molar-refractivity contribution in [2.45, 2.75) is 13.0 Å². The smallest absolute Gasteiger partial charge is 0.251 e. The Kier molecular flexibility index (Phi) is 2.74. The van der Waals surface area contributed by atoms with Gasteiger partial charge >= 0.3 is 0 Å². The van der Waals surface area contributed by atoms with Crippen molar-refractivity contribution in [2.24, 2.45) is 0 Å². The van der Waals surface area contributed by atoms with Gasteiger partial charge in [-0.3, -0.25) is 14.5 Å². The first kappa shape index (κ1) is 12.1. The quantitative estimate of drug-likeness (QED) is 0.802. The van der Waals surface area contributed by atoms with E-state index in [1.165, 1.54) is 21.9 Å². The Hall–Kier alpha value is -1.95. The fourth-order valence-corrected chi connectivity index (χ4v) is 2.71. The lowest BCUT2D eigenvalue weighted by Gasteiger charge is -2.43. The summed E-state index contributed by atoms with van der Waals surface area (Å²) in [6.45, 7) is 2.92. The Morgan fingerprint density at radius 3 is 2.89 bits per heavy atom. The topological polar surface area (TPSA) is 52.7 Å². The van der Waals surface area contributed by atoms with Gasteiger partial charge < -0.3 is 10.2 Å². The molecule has 1 N–H and O–H groups in total. The van der Waals surface area contributed by atoms with Crippen molar-refractivity contribution >= 4 is 23.2 Å². The third-order valence-electron chi connectivity index (χ3n) is 3.55. The zero-order valence-corrected chi connectivity index (χ0v) is 10.5. The van der Waals surface area contributed by atoms with Crippen LogP contribution in [0.3, 0.4) is 0 Å². The third kappa shape index (κ3) is 1.71. The Bertz CT molecular complexity index is 561. The normalized spacial score (nSPS) is 22.3. The summed E-state index contributed by atoms with van der Waals surface area (Å²) in [5.41, 5.74) is 1.08. The minimum Gasteiger partial charge on any atom is -0.309 e. The van der Waals surface area contributed by atoms with Gasteiger partial charge in [0.2, 0.25) is 5.91 Å². The largest absolute Gasteiger partial charge is 0.309 e. The fraction of sp³-hybridized carbons (Fsp3) is 0.385. The summed E-state index contributed by atoms with van der Waals surface area (Å²) in [6.07, 6.45) is 0. The van der Waals surface area contributed by atoms with Gasteiger partial charge in [0.1, 0.15) is 11.9 Å². The molecule has 0 saturated carbocycles. The van der Waals surface area contributed by atoms with Crippen LogP contribution in [0.2, 0.25) is 0 Å². The van der Waals surface area contributed by atoms with Crippen molar-refractivity contribution in [1.29, 1.82) is 0 Å². The molecule has 3 rings (SSSR count). The van der Waals surface area contributed by atoms with E-state index >= 15 is 0 Å². The molecule has 0 bridgehead atoms. The van der Waals surface area contributed by atoms with Crippen molar-refractivity contribution in [3.63, 3.8) is 0 Å². The van der Waals surface area contributed by atoms with Gasteiger partial charge in [-0.25, -0.2) is 4.39 Å². The molecule has 2 aliphatic rings. The highest BCUT2D eigenvalue weighted by Crippen LogP contribution is 2.37. The summed E-state index contributed by atoms with van der Waals surface area (Å²) in [5.74, 6) is -0.736. The van der Waals surface area contributed by atoms with Crippen molar-refractivity contribution in [1.82, 2.24) is 5.32 Å². The molecule has 0 radical (unpaired) electrons. The molecule has 1 aromatic carbocycles. The van der Waals surface area contributed by atoms with Crippen LogP contribution in [0.5, 0.6) is 0 Å². The fourth-order valence-electron chi connectivity index (χ4n) is 2.71. The van der Waals surface area contributed by atoms with Crippen LogP contribution in [0.4, 0.5) is 15.8 Å². The SMILES string of the molecule is CCN1C(=O)C2CNCC(=O)N2c2ccc(F)cc21. The number of hydrogen-bond acceptors (Lipinski definition) is 3. The number of hydrogen-bond donors (Lipinski definition) is 1. The van der Waals surface area contributed by atoms with Gasteiger partial charge in [-0.05, 0) is 25.1 Å². The summed E-state index contributed by atoms with van der Waals surface area (Å²) in [7, 11) is 0. The van der Waals surface area contributed by atoms with Crippen molar-refractivity contribution in [3.05, 3.63) is 24.0 Å². The molecular weight excluding hydrogens is 249 g/mol. The highest BCUT2D eigenvalue weighted by atomic mass is 19.1. The molecule has 1 atom stereocenters. The number of rotatable bonds is 1. The second-order valence-electron chi connectivity index (χ2n) is 4.63. The second kappa shape index (κ2) is 4.31. The average molecular weight is 263 g/mol. The lowest BCUT2D eigenvalue weighted by Crippen LogP contribution is -2.64. The number of halogens is 1. The van der Waals surface area contributed by atoms with Crippen molar-refractivity contribution in [2.75, 3.05) is 29.4 Å². The highest BCUT2D eigenvalue weighted by Gasteiger charge is 2.42. The molecule has 5 nitrogen and oxygen atoms in total. The van der Waals surface area contributed by atoms with Crippen LogP contribution >= 0.6 is 0 Å². The van der Waals surface area contributed by atoms with Crippen LogP contribution in [0.15, 0.2) is 18.2 Å². The molecule has 1 saturated heterocycles. The van der Waals surface area contributed by atoms with E-state index in [1.54, 1.807) is 6.07 Å². The molecule has 1 fully saturated rings. The van der Waals surface area contributed by atoms with Crippen LogP contribution in [0.1, 0.15) is 6.92 Å². The van der Waals surface area contributed by atoms with Crippen LogP contribution in [0.25, 0.3) is 0 Å². The molecular formula is C13H14FN3O2. The van der Waals surface area contributed by atoms with Crippen LogP contribution in [-0.2, 0) is 9.59 Å². The van der Waals surface area contributed by atoms with E-state index in [2.05, 4.69) is 5.32 Å². The summed E-state index contributed by atoms with van der Waals surface area (Å²) in [5, 5.41) is 2.94. The predicted molar refractivity (Wildman–Crippen MR) is 68.6 cm³/mol. The third-order valence-corrected chi connectivity index (χ3v) is 3.55. The van der Waals surface area contributed by atoms with Gasteiger partial charge in [0.05, 0.1) is 17.9 Å². The molecule has 2 amide bonds. The van der Waals surface area contributed by atoms with Gasteiger partial charge in [0, 0.05) is 13.1 Å². The van der Waals surface area contributed by atoms with Crippen molar-refractivity contribution in [3.8, 4) is 0 Å². The number of amides is 2. The Morgan fingerprint density at radius 1 is 1.37 bits per heavy atom. The number of nitrogens with one attached hydrogen (secondary N) is 1. The zero-order chi connectivity index (χ0) is 13.6. The summed E-state index contributed by atoms with van der Waals surface area (Å²) >= 11 is 0. The van der Waals surface area contributed by atoms with Crippen LogP contribution < -0.4 is 15.1 Å². The molecule has 100 valence electrons. The molecule has 2 heterocycles. The van der Waals surface area contributed by atoms with E-state index < -0.39 is 11.9 Å². The molecule has 0 spiro atoms. The molecule has 0 aromatic heterocycles. The van der Waals surface area contributed by atoms with Gasteiger partial charge in [0.15, 0.2) is 0 Å². The maximum Gasteiger partial charge on any atom is 0.251 e. The van der Waals surface area contributed by atoms with E-state index in [0.29, 0.717) is 24.5 Å². The number of carbonyl (C=O) groups excluding carboxylic acids is 2. The summed E-state index contributed by atoms with van der Waals surface area (Å²) in [4.78, 5) is 27.4. The monoisotopic (exact) mass is 263 g/mol. The van der Waals surface area contributed by atoms with Crippen LogP contribution in [0, 0.1) is 5.82 Å². The molecule has 1 unspecified atom stereocenters. The minimum atomic E-state index is -0.529. The molecule has 1 aromatic rings. The Labute approximate surface area is 110 Å². The van der Waals surface area contributed by atoms with E-state index in [-0.39, 0.29) is 18.4 Å². The van der Waals surface area contributed by atoms with Gasteiger partial charge in [0.25, 0.3) is 5.91 Å². The van der Waals surface area contributed by atoms with E-state index in [1.807, 2.05) is 6.92 Å². The Balaban J connectivity index is 2.18. The predicted octanol–water partition coefficient (Wildman–Crippen LogP) is 0.497. The Morgan fingerprint density at radius 2 is 2.16 bits per heavy atom. The first-order valence-corrected chi connectivity index (χ1v) is 6.27. The lowest BCUT2D eigenvalue weighted by molar-refractivity contribution is -0.126. The van der Waals surface area contributed by atoms with Crippen LogP contribution in [-0.4, -0.2) is 37.5 Å². The van der Waals surface area contributed by atoms with E-state index in [9.17, 15) is 14.0 Å². The summed E-state index contributed by atoms with van der Waals surface area (Å²) in [6, 6.07) is 3.66. The minimum absolute atomic E-state index is 0.159. The van der Waals surface area contributed by atoms with E-state index in [4.69, 9.17) is 0 Å². The van der Waals surface area contributed by atoms with Gasteiger partial charge in [-0.1, -0.05) is 0 Å². The zero-order valence-electron chi connectivity index (χ0n) is 10.5. The first-order valence-electron chi connectivity index (χ1n) is 6.27. The first-order chi connectivity index (χ1) is 9.13. The maximum absolute atomic E-state index is 13.4. The lowest BCUT2D eigenvalue weighted by atomic mass is 10.0. The second-order valence-corrected chi connectivity index (χ2v) is 4.63. The molecule has 2 aliphatic heterocycles. The summed E-state index contributed by atoms with van der Waals surface area (Å²) < 4.78 is 13.4. The number of carbonyl (C=O) groups is 2. The average Bonchev–Trinajstić information content (AvgIpc) is 2.39. The highest BCUT2D eigenvalue weighted by molar-refractivity contribution is 6.14. The number of likely N-dealkylation sites (N-methyl/N-ethyl adjacent to an activating group) is 1. The number of benzene rings is 1. The number of nitrogens with zero attached hydrogens (tertiary/aromatic N) is 2. The number of piperazine rings is 1. The van der Waals surface area contributed by atoms with Gasteiger partial charge in [-0.2, -0.15) is 0 Å².